The Hall–Kier alpha value is -1.78. The minimum absolute atomic E-state index is 0.106. The fraction of sp³-hybridized carbons (Fsp3) is 0. The van der Waals surface area contributed by atoms with Crippen LogP contribution < -0.4 is 0 Å². The molecular formula is C7H4FN3O. The molecule has 2 aromatic heterocycles. The highest BCUT2D eigenvalue weighted by molar-refractivity contribution is 5.73. The van der Waals surface area contributed by atoms with E-state index in [0.29, 0.717) is 11.9 Å². The third kappa shape index (κ3) is 0.795. The molecule has 0 aliphatic rings. The Morgan fingerprint density at radius 1 is 1.50 bits per heavy atom. The van der Waals surface area contributed by atoms with Gasteiger partial charge in [0.25, 0.3) is 0 Å². The summed E-state index contributed by atoms with van der Waals surface area (Å²) in [6, 6.07) is 2.64. The van der Waals surface area contributed by atoms with Crippen LogP contribution in [0.15, 0.2) is 18.5 Å². The van der Waals surface area contributed by atoms with Crippen LogP contribution in [0.1, 0.15) is 10.5 Å². The lowest BCUT2D eigenvalue weighted by atomic mass is 10.3. The predicted molar refractivity (Wildman–Crippen MR) is 38.3 cm³/mol. The quantitative estimate of drug-likeness (QED) is 0.584. The van der Waals surface area contributed by atoms with Crippen molar-refractivity contribution in [3.05, 3.63) is 30.0 Å². The maximum atomic E-state index is 12.9. The summed E-state index contributed by atoms with van der Waals surface area (Å²) in [4.78, 5) is 14.2. The Kier molecular flexibility index (Phi) is 1.36. The van der Waals surface area contributed by atoms with Crippen LogP contribution in [0.5, 0.6) is 0 Å². The van der Waals surface area contributed by atoms with E-state index in [-0.39, 0.29) is 5.69 Å². The number of halogens is 1. The van der Waals surface area contributed by atoms with E-state index in [4.69, 9.17) is 0 Å². The standard InChI is InChI=1S/C7H4FN3O/c8-5-1-2-7-9-4-10-11(7)6(5)3-12/h1-4H. The molecule has 4 nitrogen and oxygen atoms in total. The van der Waals surface area contributed by atoms with Crippen LogP contribution in [0.3, 0.4) is 0 Å². The highest BCUT2D eigenvalue weighted by Crippen LogP contribution is 2.06. The number of carbonyl (C=O) groups excluding carboxylic acids is 1. The molecule has 0 aromatic carbocycles. The minimum Gasteiger partial charge on any atom is -0.296 e. The lowest BCUT2D eigenvalue weighted by Crippen LogP contribution is -2.00. The van der Waals surface area contributed by atoms with Crippen molar-refractivity contribution in [1.82, 2.24) is 14.6 Å². The van der Waals surface area contributed by atoms with E-state index in [9.17, 15) is 9.18 Å². The van der Waals surface area contributed by atoms with Crippen LogP contribution in [0.4, 0.5) is 4.39 Å². The number of aldehydes is 1. The van der Waals surface area contributed by atoms with Crippen LogP contribution >= 0.6 is 0 Å². The number of rotatable bonds is 1. The summed E-state index contributed by atoms with van der Waals surface area (Å²) in [5, 5.41) is 3.68. The van der Waals surface area contributed by atoms with Gasteiger partial charge in [-0.15, -0.1) is 0 Å². The van der Waals surface area contributed by atoms with Gasteiger partial charge in [0.2, 0.25) is 0 Å². The van der Waals surface area contributed by atoms with Gasteiger partial charge in [0, 0.05) is 0 Å². The van der Waals surface area contributed by atoms with Crippen molar-refractivity contribution in [1.29, 1.82) is 0 Å². The molecular weight excluding hydrogens is 161 g/mol. The SMILES string of the molecule is O=Cc1c(F)ccc2ncnn12. The number of pyridine rings is 1. The summed E-state index contributed by atoms with van der Waals surface area (Å²) in [5.41, 5.74) is 0.350. The summed E-state index contributed by atoms with van der Waals surface area (Å²) < 4.78 is 14.0. The molecule has 0 atom stereocenters. The molecule has 0 amide bonds. The van der Waals surface area contributed by atoms with E-state index in [1.54, 1.807) is 0 Å². The largest absolute Gasteiger partial charge is 0.296 e. The number of hydrogen-bond donors (Lipinski definition) is 0. The molecule has 0 radical (unpaired) electrons. The molecule has 0 aliphatic carbocycles. The first-order valence-corrected chi connectivity index (χ1v) is 3.26. The molecule has 0 bridgehead atoms. The fourth-order valence-electron chi connectivity index (χ4n) is 0.990. The first-order chi connectivity index (χ1) is 5.83. The molecule has 0 saturated heterocycles. The van der Waals surface area contributed by atoms with Crippen molar-refractivity contribution in [2.45, 2.75) is 0 Å². The third-order valence-electron chi connectivity index (χ3n) is 1.54. The van der Waals surface area contributed by atoms with Gasteiger partial charge in [-0.2, -0.15) is 5.10 Å². The second kappa shape index (κ2) is 2.37. The molecule has 2 heterocycles. The predicted octanol–water partition coefficient (Wildman–Crippen LogP) is 0.681. The van der Waals surface area contributed by atoms with E-state index in [2.05, 4.69) is 10.1 Å². The van der Waals surface area contributed by atoms with Crippen molar-refractivity contribution in [2.75, 3.05) is 0 Å². The van der Waals surface area contributed by atoms with E-state index < -0.39 is 5.82 Å². The van der Waals surface area contributed by atoms with Crippen LogP contribution in [0.25, 0.3) is 5.65 Å². The van der Waals surface area contributed by atoms with Gasteiger partial charge in [0.05, 0.1) is 0 Å². The zero-order valence-electron chi connectivity index (χ0n) is 5.94. The van der Waals surface area contributed by atoms with Crippen molar-refractivity contribution in [3.63, 3.8) is 0 Å². The summed E-state index contributed by atoms with van der Waals surface area (Å²) >= 11 is 0. The number of hydrogen-bond acceptors (Lipinski definition) is 3. The van der Waals surface area contributed by atoms with Gasteiger partial charge in [0.15, 0.2) is 17.8 Å². The Balaban J connectivity index is 2.91. The molecule has 0 saturated carbocycles. The van der Waals surface area contributed by atoms with Crippen molar-refractivity contribution < 1.29 is 9.18 Å². The second-order valence-corrected chi connectivity index (χ2v) is 2.21. The lowest BCUT2D eigenvalue weighted by Gasteiger charge is -1.96. The normalized spacial score (nSPS) is 10.4. The van der Waals surface area contributed by atoms with Gasteiger partial charge in [-0.3, -0.25) is 4.79 Å². The van der Waals surface area contributed by atoms with E-state index in [1.165, 1.54) is 18.5 Å². The smallest absolute Gasteiger partial charge is 0.171 e. The first kappa shape index (κ1) is 6.90. The molecule has 0 unspecified atom stereocenters. The Morgan fingerprint density at radius 2 is 2.33 bits per heavy atom. The highest BCUT2D eigenvalue weighted by atomic mass is 19.1. The third-order valence-corrected chi connectivity index (χ3v) is 1.54. The van der Waals surface area contributed by atoms with Crippen molar-refractivity contribution in [2.24, 2.45) is 0 Å². The zero-order valence-corrected chi connectivity index (χ0v) is 5.94. The fourth-order valence-corrected chi connectivity index (χ4v) is 0.990. The highest BCUT2D eigenvalue weighted by Gasteiger charge is 2.06. The Morgan fingerprint density at radius 3 is 3.08 bits per heavy atom. The molecule has 2 rings (SSSR count). The van der Waals surface area contributed by atoms with Gasteiger partial charge in [-0.05, 0) is 12.1 Å². The Bertz CT molecular complexity index is 437. The molecule has 5 heteroatoms. The van der Waals surface area contributed by atoms with Crippen LogP contribution in [-0.4, -0.2) is 20.9 Å². The summed E-state index contributed by atoms with van der Waals surface area (Å²) in [6.45, 7) is 0. The van der Waals surface area contributed by atoms with Gasteiger partial charge >= 0.3 is 0 Å². The van der Waals surface area contributed by atoms with E-state index in [0.717, 1.165) is 4.52 Å². The zero-order chi connectivity index (χ0) is 8.55. The monoisotopic (exact) mass is 165 g/mol. The number of aromatic nitrogens is 3. The topological polar surface area (TPSA) is 47.3 Å². The average molecular weight is 165 g/mol. The lowest BCUT2D eigenvalue weighted by molar-refractivity contribution is 0.111. The number of nitrogens with zero attached hydrogens (tertiary/aromatic N) is 3. The summed E-state index contributed by atoms with van der Waals surface area (Å²) in [7, 11) is 0. The maximum Gasteiger partial charge on any atom is 0.171 e. The first-order valence-electron chi connectivity index (χ1n) is 3.26. The number of fused-ring (bicyclic) bond motifs is 1. The van der Waals surface area contributed by atoms with Gasteiger partial charge < -0.3 is 0 Å². The molecule has 60 valence electrons. The summed E-state index contributed by atoms with van der Waals surface area (Å²) in [6.07, 6.45) is 1.68. The average Bonchev–Trinajstić information content (AvgIpc) is 2.52. The summed E-state index contributed by atoms with van der Waals surface area (Å²) in [5.74, 6) is -0.594. The molecule has 0 spiro atoms. The Labute approximate surface area is 66.6 Å². The van der Waals surface area contributed by atoms with Crippen molar-refractivity contribution in [3.8, 4) is 0 Å². The molecule has 2 aromatic rings. The van der Waals surface area contributed by atoms with Crippen molar-refractivity contribution >= 4 is 11.9 Å². The maximum absolute atomic E-state index is 12.9. The minimum atomic E-state index is -0.594. The van der Waals surface area contributed by atoms with Crippen LogP contribution in [0, 0.1) is 5.82 Å². The number of carbonyl (C=O) groups is 1. The van der Waals surface area contributed by atoms with Crippen LogP contribution in [0.2, 0.25) is 0 Å². The second-order valence-electron chi connectivity index (χ2n) is 2.21. The molecule has 0 N–H and O–H groups in total. The molecule has 0 fully saturated rings. The van der Waals surface area contributed by atoms with E-state index in [1.807, 2.05) is 0 Å². The van der Waals surface area contributed by atoms with Gasteiger partial charge in [0.1, 0.15) is 12.0 Å². The van der Waals surface area contributed by atoms with E-state index >= 15 is 0 Å². The van der Waals surface area contributed by atoms with Gasteiger partial charge in [-0.1, -0.05) is 0 Å². The van der Waals surface area contributed by atoms with Crippen LogP contribution in [-0.2, 0) is 0 Å². The van der Waals surface area contributed by atoms with Gasteiger partial charge in [-0.25, -0.2) is 13.9 Å². The molecule has 0 aliphatic heterocycles. The molecule has 12 heavy (non-hydrogen) atoms.